The minimum absolute atomic E-state index is 0.304. The summed E-state index contributed by atoms with van der Waals surface area (Å²) in [5.74, 6) is 0.950. The Morgan fingerprint density at radius 2 is 2.35 bits per heavy atom. The fourth-order valence-electron chi connectivity index (χ4n) is 1.84. The predicted molar refractivity (Wildman–Crippen MR) is 69.9 cm³/mol. The number of benzene rings is 1. The predicted octanol–water partition coefficient (Wildman–Crippen LogP) is 3.30. The van der Waals surface area contributed by atoms with Crippen molar-refractivity contribution in [3.63, 3.8) is 0 Å². The molecule has 1 heterocycles. The lowest BCUT2D eigenvalue weighted by Crippen LogP contribution is -2.20. The van der Waals surface area contributed by atoms with Crippen molar-refractivity contribution in [2.24, 2.45) is 0 Å². The lowest BCUT2D eigenvalue weighted by molar-refractivity contribution is 0.510. The van der Waals surface area contributed by atoms with Crippen LogP contribution in [0.15, 0.2) is 36.7 Å². The third-order valence-corrected chi connectivity index (χ3v) is 2.97. The second kappa shape index (κ2) is 5.84. The van der Waals surface area contributed by atoms with E-state index in [9.17, 15) is 0 Å². The van der Waals surface area contributed by atoms with Crippen molar-refractivity contribution in [2.45, 2.75) is 25.9 Å². The van der Waals surface area contributed by atoms with Crippen LogP contribution in [0.1, 0.15) is 30.8 Å². The molecule has 1 aromatic heterocycles. The molecule has 2 aromatic rings. The number of aromatic amines is 1. The Morgan fingerprint density at radius 1 is 1.47 bits per heavy atom. The first-order valence-electron chi connectivity index (χ1n) is 5.76. The molecule has 1 unspecified atom stereocenters. The summed E-state index contributed by atoms with van der Waals surface area (Å²) < 4.78 is 0. The van der Waals surface area contributed by atoms with Gasteiger partial charge in [-0.2, -0.15) is 0 Å². The highest BCUT2D eigenvalue weighted by Gasteiger charge is 2.09. The van der Waals surface area contributed by atoms with E-state index < -0.39 is 0 Å². The summed E-state index contributed by atoms with van der Waals surface area (Å²) in [7, 11) is 0. The quantitative estimate of drug-likeness (QED) is 0.854. The Morgan fingerprint density at radius 3 is 3.00 bits per heavy atom. The number of rotatable bonds is 5. The largest absolute Gasteiger partial charge is 0.348 e. The SMILES string of the molecule is CCC(NCc1ncc[nH]1)c1cccc(Cl)c1. The molecule has 2 rings (SSSR count). The molecule has 4 heteroatoms. The molecule has 1 atom stereocenters. The van der Waals surface area contributed by atoms with Gasteiger partial charge in [0.25, 0.3) is 0 Å². The highest BCUT2D eigenvalue weighted by atomic mass is 35.5. The van der Waals surface area contributed by atoms with Crippen LogP contribution in [0.25, 0.3) is 0 Å². The molecule has 0 aliphatic heterocycles. The first-order chi connectivity index (χ1) is 8.29. The van der Waals surface area contributed by atoms with Crippen LogP contribution in [0.2, 0.25) is 5.02 Å². The Bertz CT molecular complexity index is 453. The first-order valence-corrected chi connectivity index (χ1v) is 6.14. The average molecular weight is 250 g/mol. The van der Waals surface area contributed by atoms with Gasteiger partial charge in [0.05, 0.1) is 6.54 Å². The van der Waals surface area contributed by atoms with Gasteiger partial charge in [-0.3, -0.25) is 0 Å². The molecular formula is C13H16ClN3. The van der Waals surface area contributed by atoms with E-state index >= 15 is 0 Å². The van der Waals surface area contributed by atoms with Gasteiger partial charge in [0.2, 0.25) is 0 Å². The molecule has 0 fully saturated rings. The first kappa shape index (κ1) is 12.1. The summed E-state index contributed by atoms with van der Waals surface area (Å²) in [4.78, 5) is 7.27. The number of imidazole rings is 1. The number of aromatic nitrogens is 2. The molecule has 0 amide bonds. The van der Waals surface area contributed by atoms with Crippen molar-refractivity contribution >= 4 is 11.6 Å². The molecule has 0 saturated carbocycles. The topological polar surface area (TPSA) is 40.7 Å². The van der Waals surface area contributed by atoms with Crippen LogP contribution >= 0.6 is 11.6 Å². The summed E-state index contributed by atoms with van der Waals surface area (Å²) >= 11 is 6.00. The van der Waals surface area contributed by atoms with Crippen LogP contribution in [0.3, 0.4) is 0 Å². The highest BCUT2D eigenvalue weighted by Crippen LogP contribution is 2.20. The van der Waals surface area contributed by atoms with E-state index in [4.69, 9.17) is 11.6 Å². The van der Waals surface area contributed by atoms with E-state index in [-0.39, 0.29) is 0 Å². The fraction of sp³-hybridized carbons (Fsp3) is 0.308. The number of nitrogens with one attached hydrogen (secondary N) is 2. The summed E-state index contributed by atoms with van der Waals surface area (Å²) in [6.45, 7) is 2.89. The maximum absolute atomic E-state index is 6.00. The summed E-state index contributed by atoms with van der Waals surface area (Å²) in [5, 5.41) is 4.24. The average Bonchev–Trinajstić information content (AvgIpc) is 2.83. The molecule has 0 aliphatic carbocycles. The van der Waals surface area contributed by atoms with Gasteiger partial charge in [-0.15, -0.1) is 0 Å². The second-order valence-electron chi connectivity index (χ2n) is 3.93. The van der Waals surface area contributed by atoms with Crippen LogP contribution < -0.4 is 5.32 Å². The highest BCUT2D eigenvalue weighted by molar-refractivity contribution is 6.30. The second-order valence-corrected chi connectivity index (χ2v) is 4.37. The van der Waals surface area contributed by atoms with Gasteiger partial charge < -0.3 is 10.3 Å². The van der Waals surface area contributed by atoms with Gasteiger partial charge >= 0.3 is 0 Å². The van der Waals surface area contributed by atoms with Crippen LogP contribution in [0.4, 0.5) is 0 Å². The Hall–Kier alpha value is -1.32. The minimum atomic E-state index is 0.304. The van der Waals surface area contributed by atoms with Gasteiger partial charge in [-0.25, -0.2) is 4.98 Å². The number of halogens is 1. The van der Waals surface area contributed by atoms with Crippen LogP contribution in [-0.4, -0.2) is 9.97 Å². The molecule has 1 aromatic carbocycles. The smallest absolute Gasteiger partial charge is 0.120 e. The van der Waals surface area contributed by atoms with Crippen LogP contribution in [0.5, 0.6) is 0 Å². The summed E-state index contributed by atoms with van der Waals surface area (Å²) in [6, 6.07) is 8.28. The molecule has 0 saturated heterocycles. The Kier molecular flexibility index (Phi) is 4.18. The number of hydrogen-bond donors (Lipinski definition) is 2. The molecule has 90 valence electrons. The standard InChI is InChI=1S/C13H16ClN3/c1-2-12(10-4-3-5-11(14)8-10)17-9-13-15-6-7-16-13/h3-8,12,17H,2,9H2,1H3,(H,15,16). The Labute approximate surface area is 106 Å². The summed E-state index contributed by atoms with van der Waals surface area (Å²) in [6.07, 6.45) is 4.61. The third-order valence-electron chi connectivity index (χ3n) is 2.73. The van der Waals surface area contributed by atoms with E-state index in [1.165, 1.54) is 5.56 Å². The lowest BCUT2D eigenvalue weighted by atomic mass is 10.0. The molecule has 0 bridgehead atoms. The van der Waals surface area contributed by atoms with Gasteiger partial charge in [0.1, 0.15) is 5.82 Å². The van der Waals surface area contributed by atoms with Crippen molar-refractivity contribution in [3.8, 4) is 0 Å². The van der Waals surface area contributed by atoms with Crippen molar-refractivity contribution in [3.05, 3.63) is 53.1 Å². The molecule has 2 N–H and O–H groups in total. The van der Waals surface area contributed by atoms with Crippen LogP contribution in [0, 0.1) is 0 Å². The van der Waals surface area contributed by atoms with Gasteiger partial charge in [-0.1, -0.05) is 30.7 Å². The lowest BCUT2D eigenvalue weighted by Gasteiger charge is -2.16. The fourth-order valence-corrected chi connectivity index (χ4v) is 2.03. The Balaban J connectivity index is 2.01. The van der Waals surface area contributed by atoms with Gasteiger partial charge in [0.15, 0.2) is 0 Å². The van der Waals surface area contributed by atoms with Crippen molar-refractivity contribution in [1.82, 2.24) is 15.3 Å². The third kappa shape index (κ3) is 3.32. The molecule has 3 nitrogen and oxygen atoms in total. The van der Waals surface area contributed by atoms with E-state index in [0.717, 1.165) is 23.8 Å². The maximum atomic E-state index is 6.00. The van der Waals surface area contributed by atoms with Crippen molar-refractivity contribution < 1.29 is 0 Å². The van der Waals surface area contributed by atoms with Gasteiger partial charge in [-0.05, 0) is 24.1 Å². The zero-order valence-corrected chi connectivity index (χ0v) is 10.5. The van der Waals surface area contributed by atoms with E-state index in [1.807, 2.05) is 24.4 Å². The van der Waals surface area contributed by atoms with Crippen LogP contribution in [-0.2, 0) is 6.54 Å². The zero-order chi connectivity index (χ0) is 12.1. The summed E-state index contributed by atoms with van der Waals surface area (Å²) in [5.41, 5.74) is 1.21. The van der Waals surface area contributed by atoms with Crippen molar-refractivity contribution in [2.75, 3.05) is 0 Å². The monoisotopic (exact) mass is 249 g/mol. The normalized spacial score (nSPS) is 12.6. The van der Waals surface area contributed by atoms with E-state index in [1.54, 1.807) is 6.20 Å². The number of H-pyrrole nitrogens is 1. The number of hydrogen-bond acceptors (Lipinski definition) is 2. The van der Waals surface area contributed by atoms with Crippen molar-refractivity contribution in [1.29, 1.82) is 0 Å². The molecule has 0 spiro atoms. The minimum Gasteiger partial charge on any atom is -0.348 e. The van der Waals surface area contributed by atoms with E-state index in [0.29, 0.717) is 6.04 Å². The molecular weight excluding hydrogens is 234 g/mol. The zero-order valence-electron chi connectivity index (χ0n) is 9.78. The number of nitrogens with zero attached hydrogens (tertiary/aromatic N) is 1. The molecule has 0 radical (unpaired) electrons. The maximum Gasteiger partial charge on any atom is 0.120 e. The molecule has 0 aliphatic rings. The molecule has 17 heavy (non-hydrogen) atoms. The van der Waals surface area contributed by atoms with Gasteiger partial charge in [0, 0.05) is 23.5 Å². The van der Waals surface area contributed by atoms with E-state index in [2.05, 4.69) is 28.3 Å².